The number of rotatable bonds is 4. The lowest BCUT2D eigenvalue weighted by Crippen LogP contribution is -2.37. The molecule has 1 fully saturated rings. The molecule has 2 nitrogen and oxygen atoms in total. The fourth-order valence-corrected chi connectivity index (χ4v) is 2.36. The maximum Gasteiger partial charge on any atom is 0.123 e. The van der Waals surface area contributed by atoms with E-state index in [1.54, 1.807) is 6.07 Å². The lowest BCUT2D eigenvalue weighted by Gasteiger charge is -2.35. The molecule has 0 radical (unpaired) electrons. The standard InChI is InChI=1S/C13H17FN2S/c1-16(11-3-2-4-11)8-9-7-10(14)5-6-12(9)13(15)17/h5-7,11H,2-4,8H2,1H3,(H2,15,17). The van der Waals surface area contributed by atoms with Crippen molar-refractivity contribution in [2.75, 3.05) is 7.05 Å². The van der Waals surface area contributed by atoms with Gasteiger partial charge < -0.3 is 5.73 Å². The first-order valence-corrected chi connectivity index (χ1v) is 6.27. The fraction of sp³-hybridized carbons (Fsp3) is 0.462. The van der Waals surface area contributed by atoms with Gasteiger partial charge in [0.05, 0.1) is 0 Å². The third-order valence-electron chi connectivity index (χ3n) is 3.45. The third-order valence-corrected chi connectivity index (χ3v) is 3.67. The Morgan fingerprint density at radius 2 is 2.24 bits per heavy atom. The minimum absolute atomic E-state index is 0.234. The minimum Gasteiger partial charge on any atom is -0.389 e. The molecule has 1 aliphatic carbocycles. The maximum absolute atomic E-state index is 13.3. The number of benzene rings is 1. The van der Waals surface area contributed by atoms with Gasteiger partial charge in [-0.25, -0.2) is 4.39 Å². The molecule has 0 heterocycles. The van der Waals surface area contributed by atoms with Crippen LogP contribution in [0.5, 0.6) is 0 Å². The van der Waals surface area contributed by atoms with Crippen LogP contribution in [-0.4, -0.2) is 23.0 Å². The van der Waals surface area contributed by atoms with Gasteiger partial charge in [0, 0.05) is 18.2 Å². The Balaban J connectivity index is 2.17. The van der Waals surface area contributed by atoms with Crippen LogP contribution in [0, 0.1) is 5.82 Å². The molecule has 1 aliphatic rings. The van der Waals surface area contributed by atoms with Crippen LogP contribution in [0.15, 0.2) is 18.2 Å². The zero-order valence-corrected chi connectivity index (χ0v) is 10.8. The van der Waals surface area contributed by atoms with Crippen molar-refractivity contribution in [1.82, 2.24) is 4.90 Å². The summed E-state index contributed by atoms with van der Waals surface area (Å²) in [6.07, 6.45) is 3.75. The molecule has 0 aromatic heterocycles. The highest BCUT2D eigenvalue weighted by Gasteiger charge is 2.22. The summed E-state index contributed by atoms with van der Waals surface area (Å²) in [6.45, 7) is 0.703. The number of hydrogen-bond acceptors (Lipinski definition) is 2. The van der Waals surface area contributed by atoms with E-state index in [4.69, 9.17) is 18.0 Å². The maximum atomic E-state index is 13.3. The van der Waals surface area contributed by atoms with Crippen LogP contribution < -0.4 is 5.73 Å². The highest BCUT2D eigenvalue weighted by atomic mass is 32.1. The summed E-state index contributed by atoms with van der Waals surface area (Å²) in [5, 5.41) is 0. The predicted octanol–water partition coefficient (Wildman–Crippen LogP) is 2.44. The molecule has 0 atom stereocenters. The molecule has 0 bridgehead atoms. The normalized spacial score (nSPS) is 15.9. The van der Waals surface area contributed by atoms with Crippen LogP contribution >= 0.6 is 12.2 Å². The Morgan fingerprint density at radius 3 is 2.76 bits per heavy atom. The zero-order chi connectivity index (χ0) is 12.4. The van der Waals surface area contributed by atoms with E-state index in [9.17, 15) is 4.39 Å². The summed E-state index contributed by atoms with van der Waals surface area (Å²) in [5.41, 5.74) is 7.32. The first-order valence-electron chi connectivity index (χ1n) is 5.86. The Morgan fingerprint density at radius 1 is 1.53 bits per heavy atom. The van der Waals surface area contributed by atoms with Gasteiger partial charge in [0.1, 0.15) is 10.8 Å². The Bertz CT molecular complexity index is 429. The van der Waals surface area contributed by atoms with Crippen molar-refractivity contribution >= 4 is 17.2 Å². The van der Waals surface area contributed by atoms with E-state index < -0.39 is 0 Å². The van der Waals surface area contributed by atoms with Crippen molar-refractivity contribution in [1.29, 1.82) is 0 Å². The van der Waals surface area contributed by atoms with E-state index in [-0.39, 0.29) is 5.82 Å². The largest absolute Gasteiger partial charge is 0.389 e. The molecule has 1 aromatic rings. The van der Waals surface area contributed by atoms with Gasteiger partial charge in [-0.05, 0) is 43.7 Å². The summed E-state index contributed by atoms with van der Waals surface area (Å²) in [5.74, 6) is -0.234. The van der Waals surface area contributed by atoms with Gasteiger partial charge in [-0.2, -0.15) is 0 Å². The third kappa shape index (κ3) is 2.82. The molecule has 2 rings (SSSR count). The fourth-order valence-electron chi connectivity index (χ4n) is 2.16. The van der Waals surface area contributed by atoms with Crippen molar-refractivity contribution in [3.8, 4) is 0 Å². The summed E-state index contributed by atoms with van der Waals surface area (Å²) in [6, 6.07) is 5.23. The number of nitrogens with two attached hydrogens (primary N) is 1. The number of halogens is 1. The Hall–Kier alpha value is -1.00. The van der Waals surface area contributed by atoms with Crippen molar-refractivity contribution < 1.29 is 4.39 Å². The second kappa shape index (κ2) is 5.10. The molecule has 0 amide bonds. The van der Waals surface area contributed by atoms with E-state index in [1.165, 1.54) is 31.4 Å². The van der Waals surface area contributed by atoms with Gasteiger partial charge >= 0.3 is 0 Å². The summed E-state index contributed by atoms with van der Waals surface area (Å²) in [4.78, 5) is 2.59. The topological polar surface area (TPSA) is 29.3 Å². The van der Waals surface area contributed by atoms with E-state index in [1.807, 2.05) is 0 Å². The molecule has 1 saturated carbocycles. The first-order chi connectivity index (χ1) is 8.08. The highest BCUT2D eigenvalue weighted by Crippen LogP contribution is 2.25. The van der Waals surface area contributed by atoms with Gasteiger partial charge in [0.2, 0.25) is 0 Å². The van der Waals surface area contributed by atoms with Crippen molar-refractivity contribution in [3.63, 3.8) is 0 Å². The summed E-state index contributed by atoms with van der Waals surface area (Å²) >= 11 is 4.99. The van der Waals surface area contributed by atoms with Crippen molar-refractivity contribution in [2.45, 2.75) is 31.8 Å². The number of hydrogen-bond donors (Lipinski definition) is 1. The van der Waals surface area contributed by atoms with E-state index in [0.717, 1.165) is 11.1 Å². The van der Waals surface area contributed by atoms with Crippen LogP contribution in [0.3, 0.4) is 0 Å². The molecular weight excluding hydrogens is 235 g/mol. The highest BCUT2D eigenvalue weighted by molar-refractivity contribution is 7.80. The Labute approximate surface area is 107 Å². The molecule has 1 aromatic carbocycles. The van der Waals surface area contributed by atoms with Crippen LogP contribution in [0.25, 0.3) is 0 Å². The average molecular weight is 252 g/mol. The average Bonchev–Trinajstić information content (AvgIpc) is 2.13. The molecular formula is C13H17FN2S. The molecule has 17 heavy (non-hydrogen) atoms. The van der Waals surface area contributed by atoms with Gasteiger partial charge in [-0.3, -0.25) is 4.90 Å². The molecule has 2 N–H and O–H groups in total. The lowest BCUT2D eigenvalue weighted by molar-refractivity contribution is 0.152. The van der Waals surface area contributed by atoms with Gasteiger partial charge in [0.25, 0.3) is 0 Å². The van der Waals surface area contributed by atoms with E-state index in [2.05, 4.69) is 11.9 Å². The van der Waals surface area contributed by atoms with Gasteiger partial charge in [-0.15, -0.1) is 0 Å². The van der Waals surface area contributed by atoms with Crippen LogP contribution in [-0.2, 0) is 6.54 Å². The molecule has 0 saturated heterocycles. The second-order valence-electron chi connectivity index (χ2n) is 4.67. The molecule has 92 valence electrons. The van der Waals surface area contributed by atoms with Crippen LogP contribution in [0.2, 0.25) is 0 Å². The Kier molecular flexibility index (Phi) is 3.74. The molecule has 0 aliphatic heterocycles. The quantitative estimate of drug-likeness (QED) is 0.835. The first kappa shape index (κ1) is 12.5. The zero-order valence-electron chi connectivity index (χ0n) is 9.95. The summed E-state index contributed by atoms with van der Waals surface area (Å²) in [7, 11) is 2.07. The van der Waals surface area contributed by atoms with Gasteiger partial charge in [-0.1, -0.05) is 18.6 Å². The van der Waals surface area contributed by atoms with Crippen molar-refractivity contribution in [2.24, 2.45) is 5.73 Å². The van der Waals surface area contributed by atoms with Gasteiger partial charge in [0.15, 0.2) is 0 Å². The predicted molar refractivity (Wildman–Crippen MR) is 71.4 cm³/mol. The smallest absolute Gasteiger partial charge is 0.123 e. The molecule has 4 heteroatoms. The van der Waals surface area contributed by atoms with E-state index >= 15 is 0 Å². The monoisotopic (exact) mass is 252 g/mol. The number of nitrogens with zero attached hydrogens (tertiary/aromatic N) is 1. The molecule has 0 unspecified atom stereocenters. The summed E-state index contributed by atoms with van der Waals surface area (Å²) < 4.78 is 13.3. The van der Waals surface area contributed by atoms with Crippen molar-refractivity contribution in [3.05, 3.63) is 35.1 Å². The number of thiocarbonyl (C=S) groups is 1. The molecule has 0 spiro atoms. The van der Waals surface area contributed by atoms with E-state index in [0.29, 0.717) is 17.6 Å². The SMILES string of the molecule is CN(Cc1cc(F)ccc1C(N)=S)C1CCC1. The van der Waals surface area contributed by atoms with Crippen LogP contribution in [0.4, 0.5) is 4.39 Å². The van der Waals surface area contributed by atoms with Crippen LogP contribution in [0.1, 0.15) is 30.4 Å². The lowest BCUT2D eigenvalue weighted by atomic mass is 9.91. The minimum atomic E-state index is -0.234. The second-order valence-corrected chi connectivity index (χ2v) is 5.11.